The number of benzene rings is 2. The van der Waals surface area contributed by atoms with Gasteiger partial charge in [-0.2, -0.15) is 10.1 Å². The second kappa shape index (κ2) is 7.54. The van der Waals surface area contributed by atoms with Crippen molar-refractivity contribution in [1.29, 1.82) is 0 Å². The number of rotatable bonds is 4. The summed E-state index contributed by atoms with van der Waals surface area (Å²) in [5, 5.41) is 7.60. The highest BCUT2D eigenvalue weighted by Gasteiger charge is 2.39. The van der Waals surface area contributed by atoms with Crippen LogP contribution in [0, 0.1) is 5.82 Å². The fraction of sp³-hybridized carbons (Fsp3) is 0.261. The summed E-state index contributed by atoms with van der Waals surface area (Å²) >= 11 is 0. The van der Waals surface area contributed by atoms with Gasteiger partial charge in [0.05, 0.1) is 14.2 Å². The van der Waals surface area contributed by atoms with Gasteiger partial charge in [0.15, 0.2) is 17.3 Å². The van der Waals surface area contributed by atoms with Crippen molar-refractivity contribution in [2.45, 2.75) is 24.8 Å². The number of ether oxygens (including phenoxy) is 2. The van der Waals surface area contributed by atoms with Gasteiger partial charge in [-0.25, -0.2) is 9.07 Å². The van der Waals surface area contributed by atoms with E-state index in [2.05, 4.69) is 15.4 Å². The van der Waals surface area contributed by atoms with Crippen LogP contribution in [0.1, 0.15) is 35.9 Å². The minimum atomic E-state index is -0.437. The number of halogens is 1. The fourth-order valence-corrected chi connectivity index (χ4v) is 4.45. The second-order valence-corrected chi connectivity index (χ2v) is 7.64. The van der Waals surface area contributed by atoms with Crippen LogP contribution in [0.2, 0.25) is 0 Å². The van der Waals surface area contributed by atoms with Crippen LogP contribution in [-0.4, -0.2) is 34.8 Å². The maximum Gasteiger partial charge on any atom is 0.226 e. The largest absolute Gasteiger partial charge is 0.493 e. The average molecular weight is 420 g/mol. The van der Waals surface area contributed by atoms with Crippen LogP contribution in [-0.2, 0) is 4.79 Å². The third-order valence-electron chi connectivity index (χ3n) is 5.93. The molecule has 0 unspecified atom stereocenters. The number of fused-ring (bicyclic) bond motifs is 1. The molecule has 2 aliphatic rings. The average Bonchev–Trinajstić information content (AvgIpc) is 3.26. The van der Waals surface area contributed by atoms with Crippen LogP contribution in [0.5, 0.6) is 11.5 Å². The topological polar surface area (TPSA) is 78.3 Å². The molecule has 3 aromatic rings. The van der Waals surface area contributed by atoms with E-state index in [-0.39, 0.29) is 17.5 Å². The number of carbonyl (C=O) groups is 1. The monoisotopic (exact) mass is 420 g/mol. The molecule has 1 aliphatic carbocycles. The zero-order valence-corrected chi connectivity index (χ0v) is 17.1. The molecule has 0 amide bonds. The Kier molecular flexibility index (Phi) is 4.69. The summed E-state index contributed by atoms with van der Waals surface area (Å²) in [6.45, 7) is 0. The molecule has 1 N–H and O–H groups in total. The third-order valence-corrected chi connectivity index (χ3v) is 5.93. The highest BCUT2D eigenvalue weighted by atomic mass is 19.1. The summed E-state index contributed by atoms with van der Waals surface area (Å²) in [5.41, 5.74) is 3.27. The van der Waals surface area contributed by atoms with E-state index in [1.165, 1.54) is 18.5 Å². The van der Waals surface area contributed by atoms with E-state index < -0.39 is 6.04 Å². The third kappa shape index (κ3) is 3.24. The van der Waals surface area contributed by atoms with Crippen molar-refractivity contribution in [3.8, 4) is 11.5 Å². The molecular weight excluding hydrogens is 399 g/mol. The number of methoxy groups -OCH3 is 2. The van der Waals surface area contributed by atoms with Crippen molar-refractivity contribution < 1.29 is 18.7 Å². The number of anilines is 1. The zero-order valence-electron chi connectivity index (χ0n) is 17.1. The molecule has 7 nitrogen and oxygen atoms in total. The smallest absolute Gasteiger partial charge is 0.226 e. The van der Waals surface area contributed by atoms with E-state index in [1.54, 1.807) is 31.0 Å². The van der Waals surface area contributed by atoms with Crippen LogP contribution >= 0.6 is 0 Å². The maximum atomic E-state index is 13.5. The van der Waals surface area contributed by atoms with E-state index >= 15 is 0 Å². The van der Waals surface area contributed by atoms with Crippen molar-refractivity contribution in [2.75, 3.05) is 19.5 Å². The number of hydrogen-bond donors (Lipinski definition) is 1. The maximum absolute atomic E-state index is 13.5. The molecule has 158 valence electrons. The Bertz CT molecular complexity index is 1190. The SMILES string of the molecule is COc1ccc([C@@H]2CC(=O)C3=C(C2)Nc2ncnn2[C@@H]3c2ccc(F)cc2)cc1OC. The molecule has 0 spiro atoms. The van der Waals surface area contributed by atoms with Crippen LogP contribution in [0.4, 0.5) is 10.3 Å². The number of allylic oxidation sites excluding steroid dienone is 2. The van der Waals surface area contributed by atoms with Gasteiger partial charge in [-0.15, -0.1) is 0 Å². The first kappa shape index (κ1) is 19.3. The molecule has 2 heterocycles. The number of Topliss-reactive ketones (excluding diaryl/α,β-unsaturated/α-hetero) is 1. The summed E-state index contributed by atoms with van der Waals surface area (Å²) in [6, 6.07) is 11.5. The van der Waals surface area contributed by atoms with Gasteiger partial charge in [0.25, 0.3) is 0 Å². The molecule has 0 saturated carbocycles. The Hall–Kier alpha value is -3.68. The van der Waals surface area contributed by atoms with Gasteiger partial charge in [-0.3, -0.25) is 4.79 Å². The van der Waals surface area contributed by atoms with Gasteiger partial charge < -0.3 is 14.8 Å². The molecule has 8 heteroatoms. The first-order valence-corrected chi connectivity index (χ1v) is 9.99. The lowest BCUT2D eigenvalue weighted by molar-refractivity contribution is -0.116. The Balaban J connectivity index is 1.55. The molecule has 5 rings (SSSR count). The Morgan fingerprint density at radius 3 is 2.52 bits per heavy atom. The Labute approximate surface area is 178 Å². The number of aromatic nitrogens is 3. The molecule has 1 aromatic heterocycles. The van der Waals surface area contributed by atoms with E-state index in [4.69, 9.17) is 9.47 Å². The normalized spacial score (nSPS) is 20.0. The van der Waals surface area contributed by atoms with Crippen molar-refractivity contribution in [1.82, 2.24) is 14.8 Å². The Morgan fingerprint density at radius 2 is 1.77 bits per heavy atom. The number of nitrogens with one attached hydrogen (secondary N) is 1. The van der Waals surface area contributed by atoms with Gasteiger partial charge in [-0.05, 0) is 47.7 Å². The summed E-state index contributed by atoms with van der Waals surface area (Å²) < 4.78 is 26.0. The molecule has 2 atom stereocenters. The molecule has 1 aliphatic heterocycles. The van der Waals surface area contributed by atoms with Crippen LogP contribution in [0.25, 0.3) is 0 Å². The van der Waals surface area contributed by atoms with Crippen molar-refractivity contribution >= 4 is 11.7 Å². The number of nitrogens with zero attached hydrogens (tertiary/aromatic N) is 3. The van der Waals surface area contributed by atoms with E-state index in [9.17, 15) is 9.18 Å². The number of carbonyl (C=O) groups excluding carboxylic acids is 1. The first-order chi connectivity index (χ1) is 15.1. The Morgan fingerprint density at radius 1 is 1.03 bits per heavy atom. The van der Waals surface area contributed by atoms with Gasteiger partial charge in [0.1, 0.15) is 18.2 Å². The van der Waals surface area contributed by atoms with Crippen molar-refractivity contribution in [2.24, 2.45) is 0 Å². The summed E-state index contributed by atoms with van der Waals surface area (Å²) in [5.74, 6) is 1.54. The summed E-state index contributed by atoms with van der Waals surface area (Å²) in [7, 11) is 3.19. The summed E-state index contributed by atoms with van der Waals surface area (Å²) in [6.07, 6.45) is 2.45. The van der Waals surface area contributed by atoms with Crippen LogP contribution in [0.15, 0.2) is 60.1 Å². The number of ketones is 1. The van der Waals surface area contributed by atoms with Gasteiger partial charge in [0.2, 0.25) is 5.95 Å². The molecular formula is C23H21FN4O3. The quantitative estimate of drug-likeness (QED) is 0.691. The number of hydrogen-bond acceptors (Lipinski definition) is 6. The standard InChI is InChI=1S/C23H21FN4O3/c1-30-19-8-5-14(11-20(19)31-2)15-9-17-21(18(29)10-15)22(13-3-6-16(24)7-4-13)28-23(27-17)25-12-26-28/h3-8,11-12,15,22H,9-10H2,1-2H3,(H,25,26,27)/t15-,22+/m0/s1. The lowest BCUT2D eigenvalue weighted by Gasteiger charge is -2.35. The first-order valence-electron chi connectivity index (χ1n) is 9.99. The van der Waals surface area contributed by atoms with Gasteiger partial charge in [0, 0.05) is 17.7 Å². The minimum Gasteiger partial charge on any atom is -0.493 e. The fourth-order valence-electron chi connectivity index (χ4n) is 4.45. The van der Waals surface area contributed by atoms with E-state index in [0.717, 1.165) is 16.8 Å². The highest BCUT2D eigenvalue weighted by molar-refractivity contribution is 6.00. The van der Waals surface area contributed by atoms with Gasteiger partial charge >= 0.3 is 0 Å². The van der Waals surface area contributed by atoms with Gasteiger partial charge in [-0.1, -0.05) is 18.2 Å². The zero-order chi connectivity index (χ0) is 21.5. The van der Waals surface area contributed by atoms with E-state index in [0.29, 0.717) is 35.9 Å². The summed E-state index contributed by atoms with van der Waals surface area (Å²) in [4.78, 5) is 17.7. The molecule has 0 fully saturated rings. The van der Waals surface area contributed by atoms with Crippen molar-refractivity contribution in [3.63, 3.8) is 0 Å². The minimum absolute atomic E-state index is 0.0121. The second-order valence-electron chi connectivity index (χ2n) is 7.64. The lowest BCUT2D eigenvalue weighted by Crippen LogP contribution is -2.33. The highest BCUT2D eigenvalue weighted by Crippen LogP contribution is 2.44. The predicted octanol–water partition coefficient (Wildman–Crippen LogP) is 3.85. The molecule has 2 aromatic carbocycles. The van der Waals surface area contributed by atoms with Crippen LogP contribution < -0.4 is 14.8 Å². The molecule has 0 radical (unpaired) electrons. The molecule has 31 heavy (non-hydrogen) atoms. The molecule has 0 bridgehead atoms. The van der Waals surface area contributed by atoms with Crippen LogP contribution in [0.3, 0.4) is 0 Å². The lowest BCUT2D eigenvalue weighted by atomic mass is 9.78. The van der Waals surface area contributed by atoms with E-state index in [1.807, 2.05) is 18.2 Å². The predicted molar refractivity (Wildman–Crippen MR) is 112 cm³/mol. The van der Waals surface area contributed by atoms with Crippen molar-refractivity contribution in [3.05, 3.63) is 77.0 Å². The molecule has 0 saturated heterocycles.